The third kappa shape index (κ3) is 1.67. The number of aromatic nitrogens is 3. The Hall–Kier alpha value is -0.910. The lowest BCUT2D eigenvalue weighted by Crippen LogP contribution is -2.09. The van der Waals surface area contributed by atoms with Gasteiger partial charge in [-0.2, -0.15) is 0 Å². The van der Waals surface area contributed by atoms with Gasteiger partial charge in [-0.25, -0.2) is 8.42 Å². The molecule has 6 heteroatoms. The van der Waals surface area contributed by atoms with Crippen LogP contribution in [0.4, 0.5) is 0 Å². The molecule has 1 aliphatic heterocycles. The predicted molar refractivity (Wildman–Crippen MR) is 54.3 cm³/mol. The van der Waals surface area contributed by atoms with Gasteiger partial charge in [-0.3, -0.25) is 0 Å². The van der Waals surface area contributed by atoms with Gasteiger partial charge in [-0.15, -0.1) is 10.2 Å². The standard InChI is InChI=1S/C9H13N3O2S/c13-15(14)4-3-7(5-15)9-11-10-6-12(9)8-1-2-8/h6-8H,1-5H2. The van der Waals surface area contributed by atoms with Gasteiger partial charge in [0.2, 0.25) is 0 Å². The van der Waals surface area contributed by atoms with E-state index >= 15 is 0 Å². The summed E-state index contributed by atoms with van der Waals surface area (Å²) in [4.78, 5) is 0. The summed E-state index contributed by atoms with van der Waals surface area (Å²) in [7, 11) is -2.82. The molecule has 3 rings (SSSR count). The summed E-state index contributed by atoms with van der Waals surface area (Å²) < 4.78 is 24.8. The van der Waals surface area contributed by atoms with E-state index in [2.05, 4.69) is 14.8 Å². The topological polar surface area (TPSA) is 64.8 Å². The molecule has 0 radical (unpaired) electrons. The van der Waals surface area contributed by atoms with Crippen molar-refractivity contribution in [2.75, 3.05) is 11.5 Å². The van der Waals surface area contributed by atoms with Gasteiger partial charge in [0.1, 0.15) is 12.2 Å². The maximum Gasteiger partial charge on any atom is 0.151 e. The van der Waals surface area contributed by atoms with Crippen LogP contribution in [0.1, 0.15) is 37.0 Å². The summed E-state index contributed by atoms with van der Waals surface area (Å²) in [6, 6.07) is 0.526. The Morgan fingerprint density at radius 1 is 1.33 bits per heavy atom. The lowest BCUT2D eigenvalue weighted by Gasteiger charge is -2.08. The first-order valence-corrected chi connectivity index (χ1v) is 7.08. The number of nitrogens with zero attached hydrogens (tertiary/aromatic N) is 3. The average molecular weight is 227 g/mol. The van der Waals surface area contributed by atoms with Crippen LogP contribution >= 0.6 is 0 Å². The molecule has 0 spiro atoms. The van der Waals surface area contributed by atoms with E-state index in [9.17, 15) is 8.42 Å². The quantitative estimate of drug-likeness (QED) is 0.738. The molecule has 0 bridgehead atoms. The van der Waals surface area contributed by atoms with E-state index in [1.165, 1.54) is 12.8 Å². The lowest BCUT2D eigenvalue weighted by atomic mass is 10.1. The second-order valence-corrected chi connectivity index (χ2v) is 6.66. The smallest absolute Gasteiger partial charge is 0.151 e. The second-order valence-electron chi connectivity index (χ2n) is 4.43. The van der Waals surface area contributed by atoms with Crippen molar-refractivity contribution in [2.45, 2.75) is 31.2 Å². The summed E-state index contributed by atoms with van der Waals surface area (Å²) in [6.45, 7) is 0. The van der Waals surface area contributed by atoms with Crippen molar-refractivity contribution in [3.8, 4) is 0 Å². The first kappa shape index (κ1) is 9.33. The van der Waals surface area contributed by atoms with Crippen LogP contribution in [0.2, 0.25) is 0 Å². The molecule has 82 valence electrons. The molecular formula is C9H13N3O2S. The predicted octanol–water partition coefficient (Wildman–Crippen LogP) is 0.515. The van der Waals surface area contributed by atoms with Crippen LogP contribution in [0.3, 0.4) is 0 Å². The summed E-state index contributed by atoms with van der Waals surface area (Å²) in [5.41, 5.74) is 0. The van der Waals surface area contributed by atoms with Crippen molar-refractivity contribution in [1.29, 1.82) is 0 Å². The highest BCUT2D eigenvalue weighted by molar-refractivity contribution is 7.91. The molecule has 2 heterocycles. The van der Waals surface area contributed by atoms with E-state index in [0.717, 1.165) is 5.82 Å². The first-order valence-electron chi connectivity index (χ1n) is 5.25. The van der Waals surface area contributed by atoms with E-state index in [1.54, 1.807) is 6.33 Å². The Morgan fingerprint density at radius 2 is 2.13 bits per heavy atom. The Bertz CT molecular complexity index is 475. The molecule has 2 aliphatic rings. The van der Waals surface area contributed by atoms with Gasteiger partial charge in [-0.1, -0.05) is 0 Å². The van der Waals surface area contributed by atoms with Gasteiger partial charge in [0.25, 0.3) is 0 Å². The van der Waals surface area contributed by atoms with Crippen LogP contribution in [0.25, 0.3) is 0 Å². The number of hydrogen-bond acceptors (Lipinski definition) is 4. The molecule has 1 aliphatic carbocycles. The maximum absolute atomic E-state index is 11.4. The molecule has 15 heavy (non-hydrogen) atoms. The lowest BCUT2D eigenvalue weighted by molar-refractivity contribution is 0.597. The van der Waals surface area contributed by atoms with Gasteiger partial charge >= 0.3 is 0 Å². The van der Waals surface area contributed by atoms with Gasteiger partial charge in [-0.05, 0) is 19.3 Å². The van der Waals surface area contributed by atoms with Gasteiger partial charge in [0.15, 0.2) is 9.84 Å². The molecule has 1 atom stereocenters. The van der Waals surface area contributed by atoms with E-state index in [1.807, 2.05) is 0 Å². The number of hydrogen-bond donors (Lipinski definition) is 0. The molecule has 0 amide bonds. The highest BCUT2D eigenvalue weighted by Crippen LogP contribution is 2.38. The normalized spacial score (nSPS) is 29.5. The first-order chi connectivity index (χ1) is 7.16. The minimum atomic E-state index is -2.82. The Labute approximate surface area is 88.4 Å². The van der Waals surface area contributed by atoms with E-state index in [4.69, 9.17) is 0 Å². The van der Waals surface area contributed by atoms with Crippen LogP contribution in [-0.2, 0) is 9.84 Å². The van der Waals surface area contributed by atoms with Crippen LogP contribution in [0.15, 0.2) is 6.33 Å². The number of sulfone groups is 1. The van der Waals surface area contributed by atoms with Gasteiger partial charge in [0, 0.05) is 12.0 Å². The summed E-state index contributed by atoms with van der Waals surface area (Å²) >= 11 is 0. The summed E-state index contributed by atoms with van der Waals surface area (Å²) in [5.74, 6) is 1.49. The molecule has 1 aromatic heterocycles. The molecule has 1 aromatic rings. The van der Waals surface area contributed by atoms with E-state index < -0.39 is 9.84 Å². The van der Waals surface area contributed by atoms with Crippen molar-refractivity contribution in [1.82, 2.24) is 14.8 Å². The fourth-order valence-electron chi connectivity index (χ4n) is 2.18. The highest BCUT2D eigenvalue weighted by Gasteiger charge is 2.35. The minimum absolute atomic E-state index is 0.0677. The fraction of sp³-hybridized carbons (Fsp3) is 0.778. The number of rotatable bonds is 2. The minimum Gasteiger partial charge on any atom is -0.314 e. The fourth-order valence-corrected chi connectivity index (χ4v) is 3.92. The van der Waals surface area contributed by atoms with Crippen LogP contribution in [0, 0.1) is 0 Å². The van der Waals surface area contributed by atoms with Crippen molar-refractivity contribution < 1.29 is 8.42 Å². The molecule has 1 saturated heterocycles. The third-order valence-electron chi connectivity index (χ3n) is 3.14. The Kier molecular flexibility index (Phi) is 1.89. The second kappa shape index (κ2) is 3.04. The van der Waals surface area contributed by atoms with Crippen molar-refractivity contribution in [3.63, 3.8) is 0 Å². The molecule has 2 fully saturated rings. The van der Waals surface area contributed by atoms with Crippen molar-refractivity contribution in [2.24, 2.45) is 0 Å². The van der Waals surface area contributed by atoms with Crippen molar-refractivity contribution in [3.05, 3.63) is 12.2 Å². The third-order valence-corrected chi connectivity index (χ3v) is 4.91. The zero-order valence-electron chi connectivity index (χ0n) is 8.33. The molecule has 5 nitrogen and oxygen atoms in total. The SMILES string of the molecule is O=S1(=O)CCC(c2nncn2C2CC2)C1. The van der Waals surface area contributed by atoms with Gasteiger partial charge < -0.3 is 4.57 Å². The maximum atomic E-state index is 11.4. The summed E-state index contributed by atoms with van der Waals surface area (Å²) in [6.07, 6.45) is 4.78. The van der Waals surface area contributed by atoms with E-state index in [-0.39, 0.29) is 11.7 Å². The molecule has 1 unspecified atom stereocenters. The average Bonchev–Trinajstić information content (AvgIpc) is 2.79. The Balaban J connectivity index is 1.90. The van der Waals surface area contributed by atoms with Gasteiger partial charge in [0.05, 0.1) is 11.5 Å². The monoisotopic (exact) mass is 227 g/mol. The molecule has 1 saturated carbocycles. The summed E-state index contributed by atoms with van der Waals surface area (Å²) in [5, 5.41) is 7.97. The molecular weight excluding hydrogens is 214 g/mol. The highest BCUT2D eigenvalue weighted by atomic mass is 32.2. The largest absolute Gasteiger partial charge is 0.314 e. The zero-order chi connectivity index (χ0) is 10.5. The zero-order valence-corrected chi connectivity index (χ0v) is 9.15. The molecule has 0 aromatic carbocycles. The Morgan fingerprint density at radius 3 is 2.73 bits per heavy atom. The van der Waals surface area contributed by atoms with Crippen LogP contribution < -0.4 is 0 Å². The van der Waals surface area contributed by atoms with E-state index in [0.29, 0.717) is 18.2 Å². The van der Waals surface area contributed by atoms with Crippen molar-refractivity contribution >= 4 is 9.84 Å². The van der Waals surface area contributed by atoms with Crippen LogP contribution in [0.5, 0.6) is 0 Å². The molecule has 0 N–H and O–H groups in total. The van der Waals surface area contributed by atoms with Crippen LogP contribution in [-0.4, -0.2) is 34.7 Å².